The van der Waals surface area contributed by atoms with E-state index in [1.807, 2.05) is 26.0 Å². The lowest BCUT2D eigenvalue weighted by Crippen LogP contribution is -2.17. The number of rotatable bonds is 3. The van der Waals surface area contributed by atoms with Crippen LogP contribution in [0.1, 0.15) is 48.7 Å². The van der Waals surface area contributed by atoms with E-state index in [0.717, 1.165) is 17.5 Å². The van der Waals surface area contributed by atoms with E-state index in [4.69, 9.17) is 0 Å². The molecule has 1 atom stereocenters. The quantitative estimate of drug-likeness (QED) is 0.660. The molecule has 0 saturated heterocycles. The van der Waals surface area contributed by atoms with Crippen LogP contribution < -0.4 is 0 Å². The third-order valence-electron chi connectivity index (χ3n) is 3.35. The molecule has 0 aromatic heterocycles. The van der Waals surface area contributed by atoms with Crippen LogP contribution in [0, 0.1) is 25.1 Å². The fourth-order valence-corrected chi connectivity index (χ4v) is 2.34. The molecule has 0 saturated carbocycles. The summed E-state index contributed by atoms with van der Waals surface area (Å²) in [7, 11) is 0. The highest BCUT2D eigenvalue weighted by Crippen LogP contribution is 2.43. The Morgan fingerprint density at radius 3 is 2.06 bits per heavy atom. The van der Waals surface area contributed by atoms with Gasteiger partial charge in [-0.05, 0) is 42.4 Å². The minimum absolute atomic E-state index is 0.0854. The largest absolute Gasteiger partial charge is 0.206 e. The van der Waals surface area contributed by atoms with Gasteiger partial charge in [-0.1, -0.05) is 48.8 Å². The number of hydrogen-bond donors (Lipinski definition) is 0. The molecule has 0 aliphatic carbocycles. The molecule has 0 spiro atoms. The molecule has 90 valence electrons. The maximum absolute atomic E-state index is 13.5. The van der Waals surface area contributed by atoms with E-state index in [9.17, 15) is 4.39 Å². The monoisotopic (exact) mass is 286 g/mol. The van der Waals surface area contributed by atoms with Gasteiger partial charge >= 0.3 is 0 Å². The summed E-state index contributed by atoms with van der Waals surface area (Å²) in [6.07, 6.45) is 1.08. The van der Waals surface area contributed by atoms with E-state index in [1.165, 1.54) is 5.56 Å². The van der Waals surface area contributed by atoms with E-state index in [-0.39, 0.29) is 16.1 Å². The van der Waals surface area contributed by atoms with Crippen LogP contribution in [-0.2, 0) is 0 Å². The predicted octanol–water partition coefficient (Wildman–Crippen LogP) is 5.31. The Labute approximate surface area is 106 Å². The third kappa shape index (κ3) is 2.65. The summed E-state index contributed by atoms with van der Waals surface area (Å²) >= 11 is 3.74. The second-order valence-electron chi connectivity index (χ2n) is 5.17. The van der Waals surface area contributed by atoms with Gasteiger partial charge in [-0.25, -0.2) is 4.39 Å². The number of alkyl halides is 1. The van der Waals surface area contributed by atoms with Crippen molar-refractivity contribution in [1.29, 1.82) is 0 Å². The molecule has 0 N–H and O–H groups in total. The number of hydrogen-bond acceptors (Lipinski definition) is 0. The minimum atomic E-state index is -0.0854. The Hall–Kier alpha value is -0.370. The predicted molar refractivity (Wildman–Crippen MR) is 71.6 cm³/mol. The minimum Gasteiger partial charge on any atom is -0.206 e. The smallest absolute Gasteiger partial charge is 0.129 e. The van der Waals surface area contributed by atoms with Crippen LogP contribution in [-0.4, -0.2) is 0 Å². The van der Waals surface area contributed by atoms with Crippen molar-refractivity contribution in [1.82, 2.24) is 0 Å². The van der Waals surface area contributed by atoms with Gasteiger partial charge in [0.2, 0.25) is 0 Å². The zero-order valence-corrected chi connectivity index (χ0v) is 12.3. The molecule has 0 aliphatic rings. The van der Waals surface area contributed by atoms with Crippen LogP contribution in [0.25, 0.3) is 0 Å². The summed E-state index contributed by atoms with van der Waals surface area (Å²) in [5, 5.41) is 0. The van der Waals surface area contributed by atoms with Crippen molar-refractivity contribution in [2.75, 3.05) is 0 Å². The van der Waals surface area contributed by atoms with Gasteiger partial charge in [0.05, 0.1) is 0 Å². The molecule has 1 rings (SSSR count). The fraction of sp³-hybridized carbons (Fsp3) is 0.571. The van der Waals surface area contributed by atoms with Crippen molar-refractivity contribution in [2.45, 2.75) is 45.9 Å². The topological polar surface area (TPSA) is 0 Å². The first-order valence-corrected chi connectivity index (χ1v) is 6.62. The summed E-state index contributed by atoms with van der Waals surface area (Å²) in [6, 6.07) is 3.89. The maximum atomic E-state index is 13.5. The summed E-state index contributed by atoms with van der Waals surface area (Å²) in [5.41, 5.74) is 2.80. The average Bonchev–Trinajstić information content (AvgIpc) is 2.24. The zero-order valence-electron chi connectivity index (χ0n) is 10.7. The molecule has 0 radical (unpaired) electrons. The number of halogens is 2. The summed E-state index contributed by atoms with van der Waals surface area (Å²) in [4.78, 5) is 0.267. The Morgan fingerprint density at radius 2 is 1.69 bits per heavy atom. The van der Waals surface area contributed by atoms with E-state index in [2.05, 4.69) is 36.7 Å². The molecule has 0 bridgehead atoms. The van der Waals surface area contributed by atoms with Gasteiger partial charge in [0.25, 0.3) is 0 Å². The molecule has 0 nitrogen and oxygen atoms in total. The second kappa shape index (κ2) is 4.87. The molecule has 1 unspecified atom stereocenters. The van der Waals surface area contributed by atoms with Gasteiger partial charge in [-0.2, -0.15) is 0 Å². The maximum Gasteiger partial charge on any atom is 0.129 e. The van der Waals surface area contributed by atoms with Gasteiger partial charge in [-0.15, -0.1) is 0 Å². The van der Waals surface area contributed by atoms with E-state index >= 15 is 0 Å². The van der Waals surface area contributed by atoms with Crippen LogP contribution in [0.5, 0.6) is 0 Å². The first-order chi connectivity index (χ1) is 7.29. The molecule has 2 heteroatoms. The second-order valence-corrected chi connectivity index (χ2v) is 6.09. The van der Waals surface area contributed by atoms with Gasteiger partial charge < -0.3 is 0 Å². The van der Waals surface area contributed by atoms with E-state index in [0.29, 0.717) is 0 Å². The van der Waals surface area contributed by atoms with Crippen LogP contribution in [0.15, 0.2) is 12.1 Å². The van der Waals surface area contributed by atoms with Crippen molar-refractivity contribution in [3.05, 3.63) is 34.6 Å². The molecule has 0 amide bonds. The van der Waals surface area contributed by atoms with Crippen LogP contribution in [0.2, 0.25) is 0 Å². The lowest BCUT2D eigenvalue weighted by molar-refractivity contribution is 0.345. The SMILES string of the molecule is CCC(C)(C)C(Br)c1cc(C)c(F)c(C)c1. The van der Waals surface area contributed by atoms with Gasteiger partial charge in [0.1, 0.15) is 5.82 Å². The summed E-state index contributed by atoms with van der Waals surface area (Å²) in [6.45, 7) is 10.3. The van der Waals surface area contributed by atoms with Crippen molar-refractivity contribution < 1.29 is 4.39 Å². The fourth-order valence-electron chi connectivity index (χ4n) is 1.76. The van der Waals surface area contributed by atoms with Crippen molar-refractivity contribution in [2.24, 2.45) is 5.41 Å². The molecular formula is C14H20BrF. The highest BCUT2D eigenvalue weighted by atomic mass is 79.9. The molecule has 0 aliphatic heterocycles. The van der Waals surface area contributed by atoms with Crippen LogP contribution in [0.4, 0.5) is 4.39 Å². The molecule has 0 fully saturated rings. The highest BCUT2D eigenvalue weighted by molar-refractivity contribution is 9.09. The number of benzene rings is 1. The third-order valence-corrected chi connectivity index (χ3v) is 5.12. The van der Waals surface area contributed by atoms with E-state index < -0.39 is 0 Å². The lowest BCUT2D eigenvalue weighted by Gasteiger charge is -2.30. The summed E-state index contributed by atoms with van der Waals surface area (Å²) in [5.74, 6) is -0.0854. The summed E-state index contributed by atoms with van der Waals surface area (Å²) < 4.78 is 13.5. The first-order valence-electron chi connectivity index (χ1n) is 5.70. The molecular weight excluding hydrogens is 267 g/mol. The van der Waals surface area contributed by atoms with Gasteiger partial charge in [0.15, 0.2) is 0 Å². The molecule has 1 aromatic rings. The standard InChI is InChI=1S/C14H20BrF/c1-6-14(4,5)13(15)11-7-9(2)12(16)10(3)8-11/h7-8,13H,6H2,1-5H3. The number of aryl methyl sites for hydroxylation is 2. The Bertz CT molecular complexity index is 359. The normalized spacial score (nSPS) is 13.9. The van der Waals surface area contributed by atoms with Crippen LogP contribution >= 0.6 is 15.9 Å². The first kappa shape index (κ1) is 13.7. The van der Waals surface area contributed by atoms with Crippen molar-refractivity contribution in [3.8, 4) is 0 Å². The van der Waals surface area contributed by atoms with Crippen molar-refractivity contribution >= 4 is 15.9 Å². The molecule has 1 aromatic carbocycles. The lowest BCUT2D eigenvalue weighted by atomic mass is 9.82. The highest BCUT2D eigenvalue weighted by Gasteiger charge is 2.27. The zero-order chi connectivity index (χ0) is 12.5. The molecule has 0 heterocycles. The van der Waals surface area contributed by atoms with Crippen LogP contribution in [0.3, 0.4) is 0 Å². The Balaban J connectivity index is 3.15. The Morgan fingerprint density at radius 1 is 1.25 bits per heavy atom. The Kier molecular flexibility index (Phi) is 4.17. The molecule has 16 heavy (non-hydrogen) atoms. The van der Waals surface area contributed by atoms with Crippen molar-refractivity contribution in [3.63, 3.8) is 0 Å². The van der Waals surface area contributed by atoms with Gasteiger partial charge in [0, 0.05) is 4.83 Å². The van der Waals surface area contributed by atoms with E-state index in [1.54, 1.807) is 0 Å². The van der Waals surface area contributed by atoms with Gasteiger partial charge in [-0.3, -0.25) is 0 Å². The average molecular weight is 287 g/mol.